The summed E-state index contributed by atoms with van der Waals surface area (Å²) in [6.07, 6.45) is 0. The molecule has 0 atom stereocenters. The van der Waals surface area contributed by atoms with Crippen LogP contribution >= 0.6 is 22.6 Å². The van der Waals surface area contributed by atoms with Gasteiger partial charge < -0.3 is 14.8 Å². The Morgan fingerprint density at radius 1 is 1.09 bits per heavy atom. The molecule has 7 heteroatoms. The number of carbonyl (C=O) groups excluding carboxylic acids is 2. The molecule has 2 aromatic rings. The van der Waals surface area contributed by atoms with Crippen molar-refractivity contribution in [2.45, 2.75) is 0 Å². The van der Waals surface area contributed by atoms with Crippen LogP contribution in [-0.4, -0.2) is 25.1 Å². The third-order valence-electron chi connectivity index (χ3n) is 2.65. The van der Waals surface area contributed by atoms with Crippen LogP contribution in [0.15, 0.2) is 48.5 Å². The van der Waals surface area contributed by atoms with Gasteiger partial charge in [-0.25, -0.2) is 9.18 Å². The fraction of sp³-hybridized carbons (Fsp3) is 0.125. The van der Waals surface area contributed by atoms with E-state index in [9.17, 15) is 14.0 Å². The van der Waals surface area contributed by atoms with Gasteiger partial charge in [-0.3, -0.25) is 4.79 Å². The molecule has 0 spiro atoms. The van der Waals surface area contributed by atoms with Crippen molar-refractivity contribution in [2.75, 3.05) is 18.5 Å². The Morgan fingerprint density at radius 3 is 2.61 bits per heavy atom. The predicted octanol–water partition coefficient (Wildman–Crippen LogP) is 2.99. The summed E-state index contributed by atoms with van der Waals surface area (Å²) in [4.78, 5) is 23.2. The van der Waals surface area contributed by atoms with Gasteiger partial charge in [0.15, 0.2) is 24.8 Å². The lowest BCUT2D eigenvalue weighted by atomic mass is 10.3. The van der Waals surface area contributed by atoms with Crippen LogP contribution in [0.1, 0.15) is 0 Å². The van der Waals surface area contributed by atoms with Gasteiger partial charge in [0.1, 0.15) is 0 Å². The number of hydrogen-bond donors (Lipinski definition) is 1. The Morgan fingerprint density at radius 2 is 1.87 bits per heavy atom. The minimum absolute atomic E-state index is 0.0484. The van der Waals surface area contributed by atoms with Crippen LogP contribution in [0.2, 0.25) is 0 Å². The Bertz CT molecular complexity index is 708. The highest BCUT2D eigenvalue weighted by molar-refractivity contribution is 14.1. The first-order chi connectivity index (χ1) is 11.0. The maximum absolute atomic E-state index is 13.3. The van der Waals surface area contributed by atoms with Crippen molar-refractivity contribution in [3.8, 4) is 5.75 Å². The number of nitrogens with one attached hydrogen (secondary N) is 1. The van der Waals surface area contributed by atoms with E-state index in [-0.39, 0.29) is 5.75 Å². The number of carbonyl (C=O) groups is 2. The van der Waals surface area contributed by atoms with Gasteiger partial charge >= 0.3 is 5.97 Å². The summed E-state index contributed by atoms with van der Waals surface area (Å²) < 4.78 is 24.0. The Kier molecular flexibility index (Phi) is 6.33. The van der Waals surface area contributed by atoms with Crippen molar-refractivity contribution < 1.29 is 23.5 Å². The van der Waals surface area contributed by atoms with Crippen molar-refractivity contribution in [2.24, 2.45) is 0 Å². The predicted molar refractivity (Wildman–Crippen MR) is 90.6 cm³/mol. The third kappa shape index (κ3) is 5.85. The van der Waals surface area contributed by atoms with E-state index in [1.54, 1.807) is 24.3 Å². The highest BCUT2D eigenvalue weighted by atomic mass is 127. The number of para-hydroxylation sites is 1. The minimum atomic E-state index is -0.758. The number of anilines is 1. The smallest absolute Gasteiger partial charge is 0.344 e. The van der Waals surface area contributed by atoms with Crippen molar-refractivity contribution in [3.05, 3.63) is 57.9 Å². The van der Waals surface area contributed by atoms with Gasteiger partial charge in [-0.05, 0) is 52.9 Å². The van der Waals surface area contributed by atoms with E-state index < -0.39 is 30.9 Å². The molecule has 0 radical (unpaired) electrons. The Hall–Kier alpha value is -2.16. The normalized spacial score (nSPS) is 10.0. The lowest BCUT2D eigenvalue weighted by molar-refractivity contribution is -0.149. The fourth-order valence-corrected chi connectivity index (χ4v) is 2.19. The quantitative estimate of drug-likeness (QED) is 0.567. The summed E-state index contributed by atoms with van der Waals surface area (Å²) in [5.74, 6) is -1.85. The molecule has 2 aromatic carbocycles. The fourth-order valence-electron chi connectivity index (χ4n) is 1.65. The molecule has 0 heterocycles. The maximum atomic E-state index is 13.3. The minimum Gasteiger partial charge on any atom is -0.479 e. The highest BCUT2D eigenvalue weighted by Gasteiger charge is 2.10. The Balaban J connectivity index is 1.74. The SMILES string of the molecule is O=C(COC(=O)COc1ccccc1F)Nc1cccc(I)c1. The summed E-state index contributed by atoms with van der Waals surface area (Å²) in [6.45, 7) is -0.914. The number of hydrogen-bond acceptors (Lipinski definition) is 4. The van der Waals surface area contributed by atoms with E-state index >= 15 is 0 Å². The standard InChI is InChI=1S/C16H13FINO4/c17-13-6-1-2-7-14(13)22-10-16(21)23-9-15(20)19-12-5-3-4-11(18)8-12/h1-8H,9-10H2,(H,19,20). The number of amides is 1. The molecule has 0 bridgehead atoms. The average molecular weight is 429 g/mol. The number of ether oxygens (including phenoxy) is 2. The summed E-state index contributed by atoms with van der Waals surface area (Å²) in [5.41, 5.74) is 0.612. The summed E-state index contributed by atoms with van der Waals surface area (Å²) in [5, 5.41) is 2.60. The van der Waals surface area contributed by atoms with Gasteiger partial charge in [-0.2, -0.15) is 0 Å². The van der Waals surface area contributed by atoms with Crippen LogP contribution in [0.5, 0.6) is 5.75 Å². The topological polar surface area (TPSA) is 64.6 Å². The molecule has 1 amide bonds. The second kappa shape index (κ2) is 8.47. The van der Waals surface area contributed by atoms with Crippen molar-refractivity contribution in [1.29, 1.82) is 0 Å². The molecule has 0 aromatic heterocycles. The number of benzene rings is 2. The molecular formula is C16H13FINO4. The van der Waals surface area contributed by atoms with Crippen LogP contribution in [-0.2, 0) is 14.3 Å². The van der Waals surface area contributed by atoms with E-state index in [0.29, 0.717) is 5.69 Å². The monoisotopic (exact) mass is 429 g/mol. The van der Waals surface area contributed by atoms with Crippen LogP contribution < -0.4 is 10.1 Å². The van der Waals surface area contributed by atoms with Crippen LogP contribution in [0, 0.1) is 9.39 Å². The van der Waals surface area contributed by atoms with E-state index in [1.807, 2.05) is 6.07 Å². The molecule has 0 saturated heterocycles. The zero-order valence-electron chi connectivity index (χ0n) is 11.9. The molecule has 120 valence electrons. The number of esters is 1. The first kappa shape index (κ1) is 17.2. The van der Waals surface area contributed by atoms with Crippen molar-refractivity contribution >= 4 is 40.2 Å². The average Bonchev–Trinajstić information content (AvgIpc) is 2.52. The molecule has 0 saturated carbocycles. The van der Waals surface area contributed by atoms with Crippen molar-refractivity contribution in [3.63, 3.8) is 0 Å². The van der Waals surface area contributed by atoms with Gasteiger partial charge in [-0.1, -0.05) is 18.2 Å². The van der Waals surface area contributed by atoms with Crippen LogP contribution in [0.4, 0.5) is 10.1 Å². The Labute approximate surface area is 145 Å². The second-order valence-electron chi connectivity index (χ2n) is 4.44. The number of rotatable bonds is 6. The molecule has 1 N–H and O–H groups in total. The summed E-state index contributed by atoms with van der Waals surface area (Å²) in [6, 6.07) is 12.9. The first-order valence-corrected chi connectivity index (χ1v) is 7.71. The summed E-state index contributed by atoms with van der Waals surface area (Å²) in [7, 11) is 0. The highest BCUT2D eigenvalue weighted by Crippen LogP contribution is 2.15. The molecular weight excluding hydrogens is 416 g/mol. The van der Waals surface area contributed by atoms with E-state index in [1.165, 1.54) is 18.2 Å². The molecule has 0 fully saturated rings. The second-order valence-corrected chi connectivity index (χ2v) is 5.68. The van der Waals surface area contributed by atoms with Gasteiger partial charge in [0, 0.05) is 9.26 Å². The lowest BCUT2D eigenvalue weighted by Crippen LogP contribution is -2.23. The molecule has 2 rings (SSSR count). The van der Waals surface area contributed by atoms with Crippen LogP contribution in [0.3, 0.4) is 0 Å². The largest absolute Gasteiger partial charge is 0.479 e. The first-order valence-electron chi connectivity index (χ1n) is 6.63. The molecule has 5 nitrogen and oxygen atoms in total. The van der Waals surface area contributed by atoms with E-state index in [4.69, 9.17) is 9.47 Å². The number of halogens is 2. The lowest BCUT2D eigenvalue weighted by Gasteiger charge is -2.08. The summed E-state index contributed by atoms with van der Waals surface area (Å²) >= 11 is 2.12. The van der Waals surface area contributed by atoms with E-state index in [0.717, 1.165) is 3.57 Å². The molecule has 0 aliphatic rings. The molecule has 23 heavy (non-hydrogen) atoms. The molecule has 0 aliphatic carbocycles. The van der Waals surface area contributed by atoms with Gasteiger partial charge in [0.05, 0.1) is 0 Å². The van der Waals surface area contributed by atoms with Gasteiger partial charge in [-0.15, -0.1) is 0 Å². The third-order valence-corrected chi connectivity index (χ3v) is 3.33. The zero-order chi connectivity index (χ0) is 16.7. The van der Waals surface area contributed by atoms with Gasteiger partial charge in [0.25, 0.3) is 5.91 Å². The maximum Gasteiger partial charge on any atom is 0.344 e. The van der Waals surface area contributed by atoms with Crippen molar-refractivity contribution in [1.82, 2.24) is 0 Å². The zero-order valence-corrected chi connectivity index (χ0v) is 14.1. The van der Waals surface area contributed by atoms with Crippen LogP contribution in [0.25, 0.3) is 0 Å². The van der Waals surface area contributed by atoms with E-state index in [2.05, 4.69) is 27.9 Å². The molecule has 0 aliphatic heterocycles. The van der Waals surface area contributed by atoms with Gasteiger partial charge in [0.2, 0.25) is 0 Å². The molecule has 0 unspecified atom stereocenters.